The summed E-state index contributed by atoms with van der Waals surface area (Å²) in [5.74, 6) is 0.556. The van der Waals surface area contributed by atoms with Gasteiger partial charge in [0.2, 0.25) is 0 Å². The quantitative estimate of drug-likeness (QED) is 0.788. The van der Waals surface area contributed by atoms with E-state index in [0.29, 0.717) is 17.0 Å². The molecule has 0 heterocycles. The van der Waals surface area contributed by atoms with Gasteiger partial charge < -0.3 is 15.4 Å². The van der Waals surface area contributed by atoms with Crippen molar-refractivity contribution in [3.05, 3.63) is 35.5 Å². The Hall–Kier alpha value is -1.97. The largest absolute Gasteiger partial charge is 0.496 e. The van der Waals surface area contributed by atoms with E-state index < -0.39 is 0 Å². The van der Waals surface area contributed by atoms with E-state index in [-0.39, 0.29) is 0 Å². The number of rotatable bonds is 5. The molecule has 0 fully saturated rings. The van der Waals surface area contributed by atoms with Crippen LogP contribution in [-0.2, 0) is 0 Å². The molecule has 0 amide bonds. The summed E-state index contributed by atoms with van der Waals surface area (Å²) in [6.07, 6.45) is 2.61. The number of methoxy groups -OCH3 is 1. The molecule has 0 saturated heterocycles. The van der Waals surface area contributed by atoms with Crippen LogP contribution in [0.15, 0.2) is 24.4 Å². The zero-order chi connectivity index (χ0) is 12.8. The molecule has 0 aromatic heterocycles. The summed E-state index contributed by atoms with van der Waals surface area (Å²) in [7, 11) is 3.48. The lowest BCUT2D eigenvalue weighted by Gasteiger charge is -2.13. The van der Waals surface area contributed by atoms with Crippen LogP contribution in [0, 0.1) is 0 Å². The second-order valence-electron chi connectivity index (χ2n) is 3.73. The number of hydrogen-bond acceptors (Lipinski definition) is 4. The van der Waals surface area contributed by atoms with Crippen molar-refractivity contribution in [1.82, 2.24) is 4.90 Å². The van der Waals surface area contributed by atoms with Gasteiger partial charge in [0.25, 0.3) is 0 Å². The third kappa shape index (κ3) is 3.24. The molecule has 2 N–H and O–H groups in total. The molecule has 0 aliphatic carbocycles. The molecule has 0 aliphatic rings. The molecular weight excluding hydrogens is 216 g/mol. The summed E-state index contributed by atoms with van der Waals surface area (Å²) < 4.78 is 5.07. The Morgan fingerprint density at radius 2 is 2.24 bits per heavy atom. The van der Waals surface area contributed by atoms with Gasteiger partial charge in [-0.15, -0.1) is 0 Å². The van der Waals surface area contributed by atoms with E-state index >= 15 is 0 Å². The molecule has 0 aliphatic heterocycles. The first-order chi connectivity index (χ1) is 8.12. The molecule has 92 valence electrons. The van der Waals surface area contributed by atoms with Crippen LogP contribution in [0.4, 0.5) is 0 Å². The minimum Gasteiger partial charge on any atom is -0.496 e. The number of benzene rings is 1. The molecule has 4 nitrogen and oxygen atoms in total. The van der Waals surface area contributed by atoms with E-state index in [1.807, 2.05) is 31.1 Å². The van der Waals surface area contributed by atoms with E-state index in [0.717, 1.165) is 18.4 Å². The average molecular weight is 234 g/mol. The first-order valence-corrected chi connectivity index (χ1v) is 5.43. The molecule has 0 bridgehead atoms. The SMILES string of the molecule is CCN(C)/C=C(\N)c1ccc(OC)c(C=O)c1. The van der Waals surface area contributed by atoms with Crippen molar-refractivity contribution in [3.63, 3.8) is 0 Å². The van der Waals surface area contributed by atoms with Gasteiger partial charge in [0.1, 0.15) is 5.75 Å². The second-order valence-corrected chi connectivity index (χ2v) is 3.73. The number of ether oxygens (including phenoxy) is 1. The van der Waals surface area contributed by atoms with Crippen molar-refractivity contribution < 1.29 is 9.53 Å². The monoisotopic (exact) mass is 234 g/mol. The Labute approximate surface area is 102 Å². The normalized spacial score (nSPS) is 11.1. The highest BCUT2D eigenvalue weighted by Crippen LogP contribution is 2.20. The van der Waals surface area contributed by atoms with Crippen molar-refractivity contribution in [2.45, 2.75) is 6.92 Å². The van der Waals surface area contributed by atoms with Gasteiger partial charge in [-0.1, -0.05) is 0 Å². The summed E-state index contributed by atoms with van der Waals surface area (Å²) in [5.41, 5.74) is 7.89. The van der Waals surface area contributed by atoms with Crippen LogP contribution in [0.25, 0.3) is 5.70 Å². The molecule has 0 unspecified atom stereocenters. The molecule has 1 rings (SSSR count). The van der Waals surface area contributed by atoms with Crippen molar-refractivity contribution >= 4 is 12.0 Å². The lowest BCUT2D eigenvalue weighted by atomic mass is 10.1. The smallest absolute Gasteiger partial charge is 0.153 e. The van der Waals surface area contributed by atoms with Crippen LogP contribution >= 0.6 is 0 Å². The standard InChI is InChI=1S/C13H18N2O2/c1-4-15(2)8-12(14)10-5-6-13(17-3)11(7-10)9-16/h5-9H,4,14H2,1-3H3/b12-8-. The topological polar surface area (TPSA) is 55.6 Å². The highest BCUT2D eigenvalue weighted by molar-refractivity contribution is 5.81. The summed E-state index contributed by atoms with van der Waals surface area (Å²) in [6.45, 7) is 2.91. The van der Waals surface area contributed by atoms with Gasteiger partial charge in [-0.05, 0) is 30.7 Å². The maximum absolute atomic E-state index is 10.9. The van der Waals surface area contributed by atoms with Gasteiger partial charge >= 0.3 is 0 Å². The van der Waals surface area contributed by atoms with Crippen molar-refractivity contribution in [2.24, 2.45) is 5.73 Å². The fourth-order valence-corrected chi connectivity index (χ4v) is 1.41. The fourth-order valence-electron chi connectivity index (χ4n) is 1.41. The van der Waals surface area contributed by atoms with Gasteiger partial charge in [0.05, 0.1) is 18.4 Å². The lowest BCUT2D eigenvalue weighted by Crippen LogP contribution is -2.12. The number of carbonyl (C=O) groups excluding carboxylic acids is 1. The number of carbonyl (C=O) groups is 1. The Morgan fingerprint density at radius 3 is 2.76 bits per heavy atom. The summed E-state index contributed by atoms with van der Waals surface area (Å²) >= 11 is 0. The van der Waals surface area contributed by atoms with Crippen LogP contribution < -0.4 is 10.5 Å². The van der Waals surface area contributed by atoms with Gasteiger partial charge in [-0.2, -0.15) is 0 Å². The second kappa shape index (κ2) is 5.94. The highest BCUT2D eigenvalue weighted by atomic mass is 16.5. The molecule has 0 spiro atoms. The van der Waals surface area contributed by atoms with Crippen LogP contribution in [0.3, 0.4) is 0 Å². The number of nitrogens with two attached hydrogens (primary N) is 1. The Bertz CT molecular complexity index is 427. The molecule has 0 radical (unpaired) electrons. The van der Waals surface area contributed by atoms with Gasteiger partial charge in [-0.3, -0.25) is 4.79 Å². The summed E-state index contributed by atoms with van der Waals surface area (Å²) in [5, 5.41) is 0. The lowest BCUT2D eigenvalue weighted by molar-refractivity contribution is 0.112. The van der Waals surface area contributed by atoms with Crippen LogP contribution in [0.1, 0.15) is 22.8 Å². The molecule has 1 aromatic carbocycles. The molecular formula is C13H18N2O2. The molecule has 1 aromatic rings. The van der Waals surface area contributed by atoms with E-state index in [1.165, 1.54) is 7.11 Å². The maximum atomic E-state index is 10.9. The van der Waals surface area contributed by atoms with Crippen molar-refractivity contribution in [1.29, 1.82) is 0 Å². The van der Waals surface area contributed by atoms with Crippen molar-refractivity contribution in [3.8, 4) is 5.75 Å². The third-order valence-electron chi connectivity index (χ3n) is 2.55. The predicted molar refractivity (Wildman–Crippen MR) is 68.8 cm³/mol. The number of hydrogen-bond donors (Lipinski definition) is 1. The average Bonchev–Trinajstić information content (AvgIpc) is 2.37. The molecule has 17 heavy (non-hydrogen) atoms. The first-order valence-electron chi connectivity index (χ1n) is 5.43. The van der Waals surface area contributed by atoms with Gasteiger partial charge in [-0.25, -0.2) is 0 Å². The van der Waals surface area contributed by atoms with Crippen molar-refractivity contribution in [2.75, 3.05) is 20.7 Å². The zero-order valence-electron chi connectivity index (χ0n) is 10.4. The van der Waals surface area contributed by atoms with Gasteiger partial charge in [0, 0.05) is 19.8 Å². The van der Waals surface area contributed by atoms with E-state index in [4.69, 9.17) is 10.5 Å². The van der Waals surface area contributed by atoms with Crippen LogP contribution in [0.2, 0.25) is 0 Å². The molecule has 4 heteroatoms. The molecule has 0 saturated carbocycles. The number of aldehydes is 1. The van der Waals surface area contributed by atoms with E-state index in [1.54, 1.807) is 12.1 Å². The van der Waals surface area contributed by atoms with Crippen LogP contribution in [0.5, 0.6) is 5.75 Å². The minimum absolute atomic E-state index is 0.500. The number of nitrogens with zero attached hydrogens (tertiary/aromatic N) is 1. The Balaban J connectivity index is 3.07. The Kier molecular flexibility index (Phi) is 4.57. The first kappa shape index (κ1) is 13.1. The van der Waals surface area contributed by atoms with E-state index in [2.05, 4.69) is 0 Å². The highest BCUT2D eigenvalue weighted by Gasteiger charge is 2.05. The van der Waals surface area contributed by atoms with Crippen LogP contribution in [-0.4, -0.2) is 31.9 Å². The minimum atomic E-state index is 0.500. The Morgan fingerprint density at radius 1 is 1.53 bits per heavy atom. The van der Waals surface area contributed by atoms with Gasteiger partial charge in [0.15, 0.2) is 6.29 Å². The molecule has 0 atom stereocenters. The zero-order valence-corrected chi connectivity index (χ0v) is 10.4. The maximum Gasteiger partial charge on any atom is 0.153 e. The summed E-state index contributed by atoms with van der Waals surface area (Å²) in [4.78, 5) is 12.9. The fraction of sp³-hybridized carbons (Fsp3) is 0.308. The third-order valence-corrected chi connectivity index (χ3v) is 2.55. The van der Waals surface area contributed by atoms with E-state index in [9.17, 15) is 4.79 Å². The predicted octanol–water partition coefficient (Wildman–Crippen LogP) is 1.72. The summed E-state index contributed by atoms with van der Waals surface area (Å²) in [6, 6.07) is 5.30.